The number of hydrogen-bond acceptors (Lipinski definition) is 4. The Labute approximate surface area is 121 Å². The van der Waals surface area contributed by atoms with E-state index in [1.807, 2.05) is 30.6 Å². The van der Waals surface area contributed by atoms with E-state index in [0.29, 0.717) is 0 Å². The van der Waals surface area contributed by atoms with Gasteiger partial charge in [-0.2, -0.15) is 0 Å². The van der Waals surface area contributed by atoms with E-state index >= 15 is 0 Å². The highest BCUT2D eigenvalue weighted by atomic mass is 79.9. The number of anilines is 2. The Kier molecular flexibility index (Phi) is 3.64. The molecule has 0 unspecified atom stereocenters. The fraction of sp³-hybridized carbons (Fsp3) is 0.286. The molecule has 0 spiro atoms. The summed E-state index contributed by atoms with van der Waals surface area (Å²) in [5.41, 5.74) is 0. The molecule has 3 heterocycles. The summed E-state index contributed by atoms with van der Waals surface area (Å²) in [6.07, 6.45) is 3.69. The maximum atomic E-state index is 4.44. The van der Waals surface area contributed by atoms with Gasteiger partial charge in [0.15, 0.2) is 0 Å². The van der Waals surface area contributed by atoms with Gasteiger partial charge in [0.2, 0.25) is 0 Å². The van der Waals surface area contributed by atoms with Crippen molar-refractivity contribution < 1.29 is 0 Å². The smallest absolute Gasteiger partial charge is 0.128 e. The van der Waals surface area contributed by atoms with Crippen LogP contribution in [-0.4, -0.2) is 36.1 Å². The van der Waals surface area contributed by atoms with Crippen LogP contribution in [0.25, 0.3) is 0 Å². The zero-order chi connectivity index (χ0) is 13.1. The minimum atomic E-state index is 0.977. The first-order chi connectivity index (χ1) is 9.33. The first kappa shape index (κ1) is 12.4. The number of hydrogen-bond donors (Lipinski definition) is 0. The third kappa shape index (κ3) is 2.87. The van der Waals surface area contributed by atoms with Crippen LogP contribution in [0, 0.1) is 0 Å². The highest BCUT2D eigenvalue weighted by molar-refractivity contribution is 9.10. The van der Waals surface area contributed by atoms with Crippen LogP contribution >= 0.6 is 15.9 Å². The van der Waals surface area contributed by atoms with Gasteiger partial charge in [-0.15, -0.1) is 0 Å². The van der Waals surface area contributed by atoms with Crippen molar-refractivity contribution in [3.05, 3.63) is 47.2 Å². The SMILES string of the molecule is Brc1ccc(N2CCN(c3ccccn3)CC2)nc1. The van der Waals surface area contributed by atoms with Crippen LogP contribution in [0.2, 0.25) is 0 Å². The van der Waals surface area contributed by atoms with E-state index < -0.39 is 0 Å². The Balaban J connectivity index is 1.65. The number of rotatable bonds is 2. The number of halogens is 1. The molecule has 1 aliphatic rings. The van der Waals surface area contributed by atoms with Crippen molar-refractivity contribution >= 4 is 27.6 Å². The first-order valence-electron chi connectivity index (χ1n) is 6.35. The standard InChI is InChI=1S/C14H15BrN4/c15-12-4-5-14(17-11-12)19-9-7-18(8-10-19)13-3-1-2-6-16-13/h1-6,11H,7-10H2. The van der Waals surface area contributed by atoms with Gasteiger partial charge in [0.25, 0.3) is 0 Å². The van der Waals surface area contributed by atoms with E-state index in [1.54, 1.807) is 0 Å². The lowest BCUT2D eigenvalue weighted by molar-refractivity contribution is 0.641. The van der Waals surface area contributed by atoms with Crippen LogP contribution in [0.4, 0.5) is 11.6 Å². The van der Waals surface area contributed by atoms with Gasteiger partial charge < -0.3 is 9.80 Å². The first-order valence-corrected chi connectivity index (χ1v) is 7.15. The lowest BCUT2D eigenvalue weighted by Gasteiger charge is -2.36. The van der Waals surface area contributed by atoms with E-state index in [4.69, 9.17) is 0 Å². The molecule has 2 aromatic rings. The molecule has 2 aromatic heterocycles. The van der Waals surface area contributed by atoms with E-state index in [1.165, 1.54) is 0 Å². The maximum Gasteiger partial charge on any atom is 0.128 e. The van der Waals surface area contributed by atoms with Gasteiger partial charge in [-0.25, -0.2) is 9.97 Å². The zero-order valence-corrected chi connectivity index (χ0v) is 12.1. The summed E-state index contributed by atoms with van der Waals surface area (Å²) in [5.74, 6) is 2.11. The molecule has 5 heteroatoms. The molecule has 0 aliphatic carbocycles. The molecular formula is C14H15BrN4. The third-order valence-electron chi connectivity index (χ3n) is 3.29. The van der Waals surface area contributed by atoms with Crippen molar-refractivity contribution in [3.8, 4) is 0 Å². The van der Waals surface area contributed by atoms with Crippen molar-refractivity contribution in [1.29, 1.82) is 0 Å². The van der Waals surface area contributed by atoms with Crippen LogP contribution in [0.1, 0.15) is 0 Å². The molecule has 0 saturated carbocycles. The number of nitrogens with zero attached hydrogens (tertiary/aromatic N) is 4. The van der Waals surface area contributed by atoms with Crippen molar-refractivity contribution in [2.75, 3.05) is 36.0 Å². The van der Waals surface area contributed by atoms with Crippen molar-refractivity contribution in [2.24, 2.45) is 0 Å². The van der Waals surface area contributed by atoms with Gasteiger partial charge in [-0.3, -0.25) is 0 Å². The zero-order valence-electron chi connectivity index (χ0n) is 10.5. The summed E-state index contributed by atoms with van der Waals surface area (Å²) in [5, 5.41) is 0. The predicted molar refractivity (Wildman–Crippen MR) is 80.6 cm³/mol. The molecule has 4 nitrogen and oxygen atoms in total. The summed E-state index contributed by atoms with van der Waals surface area (Å²) in [6.45, 7) is 3.92. The number of aromatic nitrogens is 2. The van der Waals surface area contributed by atoms with Gasteiger partial charge in [-0.05, 0) is 40.2 Å². The molecule has 19 heavy (non-hydrogen) atoms. The molecule has 0 N–H and O–H groups in total. The van der Waals surface area contributed by atoms with E-state index in [2.05, 4.69) is 47.8 Å². The minimum absolute atomic E-state index is 0.977. The minimum Gasteiger partial charge on any atom is -0.353 e. The Hall–Kier alpha value is -1.62. The average Bonchev–Trinajstić information content (AvgIpc) is 2.49. The molecule has 3 rings (SSSR count). The lowest BCUT2D eigenvalue weighted by Crippen LogP contribution is -2.47. The van der Waals surface area contributed by atoms with Gasteiger partial charge in [0, 0.05) is 43.0 Å². The highest BCUT2D eigenvalue weighted by Crippen LogP contribution is 2.18. The van der Waals surface area contributed by atoms with E-state index in [9.17, 15) is 0 Å². The van der Waals surface area contributed by atoms with Crippen LogP contribution < -0.4 is 9.80 Å². The Bertz CT molecular complexity index is 521. The molecular weight excluding hydrogens is 304 g/mol. The lowest BCUT2D eigenvalue weighted by atomic mass is 10.3. The normalized spacial score (nSPS) is 15.6. The van der Waals surface area contributed by atoms with Gasteiger partial charge in [-0.1, -0.05) is 6.07 Å². The van der Waals surface area contributed by atoms with Gasteiger partial charge in [0.1, 0.15) is 11.6 Å². The quantitative estimate of drug-likeness (QED) is 0.852. The fourth-order valence-electron chi connectivity index (χ4n) is 2.26. The monoisotopic (exact) mass is 318 g/mol. The van der Waals surface area contributed by atoms with Crippen LogP contribution in [-0.2, 0) is 0 Å². The Morgan fingerprint density at radius 3 is 2.05 bits per heavy atom. The predicted octanol–water partition coefficient (Wildman–Crippen LogP) is 2.57. The van der Waals surface area contributed by atoms with Crippen molar-refractivity contribution in [1.82, 2.24) is 9.97 Å². The second-order valence-electron chi connectivity index (χ2n) is 4.50. The maximum absolute atomic E-state index is 4.44. The second kappa shape index (κ2) is 5.57. The Morgan fingerprint density at radius 2 is 1.53 bits per heavy atom. The Morgan fingerprint density at radius 1 is 0.842 bits per heavy atom. The number of pyridine rings is 2. The summed E-state index contributed by atoms with van der Waals surface area (Å²) in [4.78, 5) is 13.5. The molecule has 0 amide bonds. The highest BCUT2D eigenvalue weighted by Gasteiger charge is 2.18. The molecule has 0 atom stereocenters. The molecule has 1 fully saturated rings. The molecule has 98 valence electrons. The van der Waals surface area contributed by atoms with E-state index in [0.717, 1.165) is 42.3 Å². The number of piperazine rings is 1. The van der Waals surface area contributed by atoms with Crippen LogP contribution in [0.5, 0.6) is 0 Å². The molecule has 0 radical (unpaired) electrons. The van der Waals surface area contributed by atoms with E-state index in [-0.39, 0.29) is 0 Å². The van der Waals surface area contributed by atoms with Crippen molar-refractivity contribution in [2.45, 2.75) is 0 Å². The summed E-state index contributed by atoms with van der Waals surface area (Å²) < 4.78 is 1.02. The van der Waals surface area contributed by atoms with Gasteiger partial charge >= 0.3 is 0 Å². The summed E-state index contributed by atoms with van der Waals surface area (Å²) >= 11 is 3.41. The molecule has 1 aliphatic heterocycles. The largest absolute Gasteiger partial charge is 0.353 e. The fourth-order valence-corrected chi connectivity index (χ4v) is 2.50. The van der Waals surface area contributed by atoms with Crippen LogP contribution in [0.15, 0.2) is 47.2 Å². The summed E-state index contributed by atoms with van der Waals surface area (Å²) in [7, 11) is 0. The van der Waals surface area contributed by atoms with Crippen LogP contribution in [0.3, 0.4) is 0 Å². The van der Waals surface area contributed by atoms with Crippen molar-refractivity contribution in [3.63, 3.8) is 0 Å². The van der Waals surface area contributed by atoms with Gasteiger partial charge in [0.05, 0.1) is 0 Å². The molecule has 0 bridgehead atoms. The molecule has 1 saturated heterocycles. The topological polar surface area (TPSA) is 32.3 Å². The molecule has 0 aromatic carbocycles. The average molecular weight is 319 g/mol. The second-order valence-corrected chi connectivity index (χ2v) is 5.41. The summed E-state index contributed by atoms with van der Waals surface area (Å²) in [6, 6.07) is 10.1. The third-order valence-corrected chi connectivity index (χ3v) is 3.76.